The van der Waals surface area contributed by atoms with Crippen molar-refractivity contribution < 1.29 is 4.79 Å². The minimum absolute atomic E-state index is 0.145. The van der Waals surface area contributed by atoms with Crippen LogP contribution < -0.4 is 5.32 Å². The van der Waals surface area contributed by atoms with Gasteiger partial charge in [-0.2, -0.15) is 15.3 Å². The summed E-state index contributed by atoms with van der Waals surface area (Å²) in [7, 11) is 0. The molecule has 3 heterocycles. The number of nitrogens with one attached hydrogen (secondary N) is 1. The molecular weight excluding hydrogens is 386 g/mol. The molecular formula is C16H20BrN7O. The first kappa shape index (κ1) is 17.4. The summed E-state index contributed by atoms with van der Waals surface area (Å²) in [6.45, 7) is 7.63. The van der Waals surface area contributed by atoms with Crippen LogP contribution in [0.2, 0.25) is 0 Å². The second-order valence-corrected chi connectivity index (χ2v) is 6.64. The van der Waals surface area contributed by atoms with E-state index in [1.807, 2.05) is 30.9 Å². The molecule has 3 rings (SSSR count). The van der Waals surface area contributed by atoms with E-state index in [1.165, 1.54) is 0 Å². The highest BCUT2D eigenvalue weighted by Crippen LogP contribution is 2.15. The largest absolute Gasteiger partial charge is 0.322 e. The van der Waals surface area contributed by atoms with Crippen molar-refractivity contribution in [1.82, 2.24) is 29.3 Å². The molecule has 0 aliphatic heterocycles. The summed E-state index contributed by atoms with van der Waals surface area (Å²) in [5.74, 6) is -0.145. The molecule has 3 aromatic rings. The molecule has 0 saturated carbocycles. The first-order valence-corrected chi connectivity index (χ1v) is 8.78. The lowest BCUT2D eigenvalue weighted by molar-refractivity contribution is -0.116. The number of anilines is 1. The monoisotopic (exact) mass is 405 g/mol. The Bertz CT molecular complexity index is 892. The number of carbonyl (C=O) groups is 1. The number of amides is 1. The fourth-order valence-electron chi connectivity index (χ4n) is 2.57. The lowest BCUT2D eigenvalue weighted by Gasteiger charge is -2.05. The molecule has 0 aliphatic carbocycles. The third-order valence-electron chi connectivity index (χ3n) is 4.09. The molecule has 9 heteroatoms. The average molecular weight is 406 g/mol. The third kappa shape index (κ3) is 3.81. The van der Waals surface area contributed by atoms with Gasteiger partial charge in [-0.1, -0.05) is 0 Å². The molecule has 0 atom stereocenters. The summed E-state index contributed by atoms with van der Waals surface area (Å²) in [4.78, 5) is 12.2. The smallest absolute Gasteiger partial charge is 0.246 e. The number of carbonyl (C=O) groups excluding carboxylic acids is 1. The highest BCUT2D eigenvalue weighted by Gasteiger charge is 2.11. The number of hydrogen-bond donors (Lipinski definition) is 1. The van der Waals surface area contributed by atoms with Crippen molar-refractivity contribution in [3.05, 3.63) is 46.2 Å². The van der Waals surface area contributed by atoms with Crippen molar-refractivity contribution in [2.45, 2.75) is 40.4 Å². The number of nitrogens with zero attached hydrogens (tertiary/aromatic N) is 6. The van der Waals surface area contributed by atoms with Gasteiger partial charge in [0.15, 0.2) is 0 Å². The van der Waals surface area contributed by atoms with Crippen LogP contribution in [0.5, 0.6) is 0 Å². The van der Waals surface area contributed by atoms with Gasteiger partial charge in [-0.25, -0.2) is 0 Å². The van der Waals surface area contributed by atoms with Gasteiger partial charge < -0.3 is 5.32 Å². The fraction of sp³-hybridized carbons (Fsp3) is 0.375. The van der Waals surface area contributed by atoms with Crippen molar-refractivity contribution in [2.24, 2.45) is 0 Å². The molecule has 1 N–H and O–H groups in total. The highest BCUT2D eigenvalue weighted by molar-refractivity contribution is 9.10. The van der Waals surface area contributed by atoms with Crippen LogP contribution in [0.1, 0.15) is 23.9 Å². The van der Waals surface area contributed by atoms with Gasteiger partial charge in [-0.15, -0.1) is 0 Å². The van der Waals surface area contributed by atoms with Crippen LogP contribution in [0.3, 0.4) is 0 Å². The minimum Gasteiger partial charge on any atom is -0.322 e. The van der Waals surface area contributed by atoms with Crippen LogP contribution in [0.4, 0.5) is 5.69 Å². The maximum absolute atomic E-state index is 12.2. The summed E-state index contributed by atoms with van der Waals surface area (Å²) in [5.41, 5.74) is 3.81. The maximum atomic E-state index is 12.2. The highest BCUT2D eigenvalue weighted by atomic mass is 79.9. The van der Waals surface area contributed by atoms with Crippen LogP contribution in [0.15, 0.2) is 29.3 Å². The summed E-state index contributed by atoms with van der Waals surface area (Å²) in [6.07, 6.45) is 6.99. The number of hydrogen-bond acceptors (Lipinski definition) is 4. The van der Waals surface area contributed by atoms with Crippen molar-refractivity contribution in [2.75, 3.05) is 5.32 Å². The van der Waals surface area contributed by atoms with E-state index in [2.05, 4.69) is 43.5 Å². The van der Waals surface area contributed by atoms with E-state index in [0.29, 0.717) is 12.2 Å². The lowest BCUT2D eigenvalue weighted by atomic mass is 10.2. The maximum Gasteiger partial charge on any atom is 0.246 e. The van der Waals surface area contributed by atoms with Gasteiger partial charge in [0.25, 0.3) is 0 Å². The Morgan fingerprint density at radius 2 is 1.88 bits per heavy atom. The molecule has 0 radical (unpaired) electrons. The molecule has 0 spiro atoms. The molecule has 0 unspecified atom stereocenters. The van der Waals surface area contributed by atoms with Crippen molar-refractivity contribution in [3.63, 3.8) is 0 Å². The van der Waals surface area contributed by atoms with Gasteiger partial charge in [-0.3, -0.25) is 18.8 Å². The lowest BCUT2D eigenvalue weighted by Crippen LogP contribution is -2.20. The first-order chi connectivity index (χ1) is 12.0. The third-order valence-corrected chi connectivity index (χ3v) is 4.87. The molecule has 8 nitrogen and oxygen atoms in total. The number of aromatic nitrogens is 6. The van der Waals surface area contributed by atoms with Crippen LogP contribution in [0, 0.1) is 13.8 Å². The van der Waals surface area contributed by atoms with Gasteiger partial charge in [-0.05, 0) is 36.7 Å². The summed E-state index contributed by atoms with van der Waals surface area (Å²) in [5, 5.41) is 15.6. The van der Waals surface area contributed by atoms with Crippen LogP contribution in [0.25, 0.3) is 0 Å². The molecule has 3 aromatic heterocycles. The molecule has 0 saturated heterocycles. The number of aryl methyl sites for hydroxylation is 1. The number of rotatable bonds is 6. The molecule has 0 bridgehead atoms. The zero-order chi connectivity index (χ0) is 18.0. The normalized spacial score (nSPS) is 11.0. The van der Waals surface area contributed by atoms with Crippen molar-refractivity contribution >= 4 is 27.5 Å². The zero-order valence-corrected chi connectivity index (χ0v) is 16.0. The van der Waals surface area contributed by atoms with Gasteiger partial charge in [0, 0.05) is 24.0 Å². The predicted octanol–water partition coefficient (Wildman–Crippen LogP) is 2.36. The van der Waals surface area contributed by atoms with E-state index in [4.69, 9.17) is 0 Å². The van der Waals surface area contributed by atoms with Crippen LogP contribution in [-0.2, 0) is 24.4 Å². The van der Waals surface area contributed by atoms with E-state index < -0.39 is 0 Å². The Balaban J connectivity index is 1.62. The van der Waals surface area contributed by atoms with Gasteiger partial charge in [0.05, 0.1) is 41.0 Å². The van der Waals surface area contributed by atoms with Gasteiger partial charge in [0.1, 0.15) is 6.54 Å². The Hall–Kier alpha value is -2.42. The molecule has 0 aromatic carbocycles. The molecule has 25 heavy (non-hydrogen) atoms. The van der Waals surface area contributed by atoms with E-state index in [1.54, 1.807) is 21.8 Å². The second kappa shape index (κ2) is 7.22. The Labute approximate surface area is 154 Å². The molecule has 0 aliphatic rings. The average Bonchev–Trinajstić information content (AvgIpc) is 3.25. The van der Waals surface area contributed by atoms with E-state index >= 15 is 0 Å². The summed E-state index contributed by atoms with van der Waals surface area (Å²) >= 11 is 3.39. The quantitative estimate of drug-likeness (QED) is 0.682. The minimum atomic E-state index is -0.145. The van der Waals surface area contributed by atoms with Gasteiger partial charge in [0.2, 0.25) is 5.91 Å². The van der Waals surface area contributed by atoms with Crippen LogP contribution >= 0.6 is 15.9 Å². The first-order valence-electron chi connectivity index (χ1n) is 7.99. The van der Waals surface area contributed by atoms with E-state index in [-0.39, 0.29) is 12.5 Å². The predicted molar refractivity (Wildman–Crippen MR) is 97.3 cm³/mol. The summed E-state index contributed by atoms with van der Waals surface area (Å²) in [6, 6.07) is 0. The van der Waals surface area contributed by atoms with Crippen molar-refractivity contribution in [3.8, 4) is 0 Å². The zero-order valence-electron chi connectivity index (χ0n) is 14.4. The Morgan fingerprint density at radius 3 is 2.52 bits per heavy atom. The summed E-state index contributed by atoms with van der Waals surface area (Å²) < 4.78 is 6.27. The fourth-order valence-corrected chi connectivity index (χ4v) is 2.86. The van der Waals surface area contributed by atoms with E-state index in [0.717, 1.165) is 28.0 Å². The Morgan fingerprint density at radius 1 is 1.12 bits per heavy atom. The number of halogens is 1. The molecule has 0 fully saturated rings. The van der Waals surface area contributed by atoms with Gasteiger partial charge >= 0.3 is 0 Å². The Kier molecular flexibility index (Phi) is 5.03. The topological polar surface area (TPSA) is 82.6 Å². The molecule has 132 valence electrons. The molecule has 1 amide bonds. The van der Waals surface area contributed by atoms with Crippen molar-refractivity contribution in [1.29, 1.82) is 0 Å². The van der Waals surface area contributed by atoms with Crippen LogP contribution in [-0.4, -0.2) is 35.2 Å². The van der Waals surface area contributed by atoms with E-state index in [9.17, 15) is 4.79 Å². The standard InChI is InChI=1S/C16H20BrN7O/c1-4-23-11(2)13(5-19-23)8-22-9-14(6-18-22)21-16(25)10-24-12(3)15(17)7-20-24/h5-7,9H,4,8,10H2,1-3H3,(H,21,25). The second-order valence-electron chi connectivity index (χ2n) is 5.78. The SMILES string of the molecule is CCn1ncc(Cn2cc(NC(=O)Cn3ncc(Br)c3C)cn2)c1C.